The minimum atomic E-state index is -0.0835. The van der Waals surface area contributed by atoms with Gasteiger partial charge in [-0.1, -0.05) is 50.6 Å². The maximum atomic E-state index is 12.8. The van der Waals surface area contributed by atoms with Gasteiger partial charge in [0.2, 0.25) is 5.91 Å². The highest BCUT2D eigenvalue weighted by molar-refractivity contribution is 5.84. The van der Waals surface area contributed by atoms with Gasteiger partial charge >= 0.3 is 0 Å². The number of rotatable bonds is 8. The van der Waals surface area contributed by atoms with E-state index < -0.39 is 0 Å². The van der Waals surface area contributed by atoms with Gasteiger partial charge < -0.3 is 10.0 Å². The lowest BCUT2D eigenvalue weighted by molar-refractivity contribution is -0.134. The predicted octanol–water partition coefficient (Wildman–Crippen LogP) is 3.05. The molecule has 1 rings (SSSR count). The average Bonchev–Trinajstić information content (AvgIpc) is 2.49. The Balaban J connectivity index is 2.95. The maximum Gasteiger partial charge on any atom is 0.230 e. The van der Waals surface area contributed by atoms with Gasteiger partial charge in [0, 0.05) is 19.7 Å². The van der Waals surface area contributed by atoms with Crippen LogP contribution in [0, 0.1) is 5.92 Å². The number of benzene rings is 1. The maximum absolute atomic E-state index is 12.8. The van der Waals surface area contributed by atoms with Gasteiger partial charge in [0.1, 0.15) is 0 Å². The van der Waals surface area contributed by atoms with Crippen molar-refractivity contribution in [2.24, 2.45) is 5.92 Å². The zero-order valence-electron chi connectivity index (χ0n) is 12.9. The fraction of sp³-hybridized carbons (Fsp3) is 0.588. The van der Waals surface area contributed by atoms with E-state index in [0.29, 0.717) is 25.4 Å². The van der Waals surface area contributed by atoms with E-state index >= 15 is 0 Å². The van der Waals surface area contributed by atoms with E-state index in [9.17, 15) is 4.79 Å². The predicted molar refractivity (Wildman–Crippen MR) is 82.6 cm³/mol. The lowest BCUT2D eigenvalue weighted by atomic mass is 9.84. The van der Waals surface area contributed by atoms with E-state index in [0.717, 1.165) is 12.0 Å². The van der Waals surface area contributed by atoms with Crippen LogP contribution in [0.1, 0.15) is 45.1 Å². The smallest absolute Gasteiger partial charge is 0.230 e. The quantitative estimate of drug-likeness (QED) is 0.793. The van der Waals surface area contributed by atoms with Crippen molar-refractivity contribution in [2.75, 3.05) is 19.7 Å². The van der Waals surface area contributed by atoms with Crippen LogP contribution in [0.15, 0.2) is 30.3 Å². The van der Waals surface area contributed by atoms with E-state index in [1.165, 1.54) is 0 Å². The second-order valence-corrected chi connectivity index (χ2v) is 5.27. The Kier molecular flexibility index (Phi) is 7.31. The molecule has 1 amide bonds. The van der Waals surface area contributed by atoms with Crippen LogP contribution in [0.25, 0.3) is 0 Å². The monoisotopic (exact) mass is 277 g/mol. The molecule has 0 aromatic heterocycles. The SMILES string of the molecule is CCC(C)C(C(=O)N(CC)CCCO)c1ccccc1. The van der Waals surface area contributed by atoms with Crippen LogP contribution >= 0.6 is 0 Å². The zero-order valence-corrected chi connectivity index (χ0v) is 12.9. The standard InChI is InChI=1S/C17H27NO2/c1-4-14(3)16(15-10-7-6-8-11-15)17(20)18(5-2)12-9-13-19/h6-8,10-11,14,16,19H,4-5,9,12-13H2,1-3H3. The zero-order chi connectivity index (χ0) is 15.0. The number of aliphatic hydroxyl groups is 1. The van der Waals surface area contributed by atoms with Crippen LogP contribution in [-0.4, -0.2) is 35.6 Å². The van der Waals surface area contributed by atoms with Crippen molar-refractivity contribution < 1.29 is 9.90 Å². The molecule has 0 aliphatic rings. The summed E-state index contributed by atoms with van der Waals surface area (Å²) in [5, 5.41) is 8.97. The summed E-state index contributed by atoms with van der Waals surface area (Å²) in [6.07, 6.45) is 1.62. The fourth-order valence-electron chi connectivity index (χ4n) is 2.49. The number of nitrogens with zero attached hydrogens (tertiary/aromatic N) is 1. The first kappa shape index (κ1) is 16.7. The molecule has 3 nitrogen and oxygen atoms in total. The second-order valence-electron chi connectivity index (χ2n) is 5.27. The molecule has 0 spiro atoms. The normalized spacial score (nSPS) is 13.8. The van der Waals surface area contributed by atoms with Crippen molar-refractivity contribution in [3.8, 4) is 0 Å². The van der Waals surface area contributed by atoms with Gasteiger partial charge in [-0.25, -0.2) is 0 Å². The van der Waals surface area contributed by atoms with Gasteiger partial charge in [-0.2, -0.15) is 0 Å². The van der Waals surface area contributed by atoms with Crippen LogP contribution in [0.5, 0.6) is 0 Å². The van der Waals surface area contributed by atoms with Gasteiger partial charge in [-0.15, -0.1) is 0 Å². The van der Waals surface area contributed by atoms with Crippen molar-refractivity contribution in [1.29, 1.82) is 0 Å². The summed E-state index contributed by atoms with van der Waals surface area (Å²) in [5.41, 5.74) is 1.09. The molecule has 1 aromatic rings. The number of carbonyl (C=O) groups excluding carboxylic acids is 1. The van der Waals surface area contributed by atoms with Crippen molar-refractivity contribution in [3.63, 3.8) is 0 Å². The first-order chi connectivity index (χ1) is 9.65. The minimum Gasteiger partial charge on any atom is -0.396 e. The van der Waals surface area contributed by atoms with Crippen LogP contribution in [0.2, 0.25) is 0 Å². The van der Waals surface area contributed by atoms with Crippen molar-refractivity contribution >= 4 is 5.91 Å². The summed E-state index contributed by atoms with van der Waals surface area (Å²) in [4.78, 5) is 14.7. The Morgan fingerprint density at radius 3 is 2.40 bits per heavy atom. The lowest BCUT2D eigenvalue weighted by Gasteiger charge is -2.29. The fourth-order valence-corrected chi connectivity index (χ4v) is 2.49. The number of hydrogen-bond donors (Lipinski definition) is 1. The Labute approximate surface area is 122 Å². The third-order valence-electron chi connectivity index (χ3n) is 3.92. The number of carbonyl (C=O) groups is 1. The van der Waals surface area contributed by atoms with Gasteiger partial charge in [0.05, 0.1) is 5.92 Å². The Morgan fingerprint density at radius 2 is 1.90 bits per heavy atom. The molecule has 0 saturated heterocycles. The largest absolute Gasteiger partial charge is 0.396 e. The molecule has 0 bridgehead atoms. The van der Waals surface area contributed by atoms with Crippen LogP contribution in [0.3, 0.4) is 0 Å². The molecule has 2 atom stereocenters. The van der Waals surface area contributed by atoms with Gasteiger partial charge in [-0.05, 0) is 24.8 Å². The molecule has 112 valence electrons. The summed E-state index contributed by atoms with van der Waals surface area (Å²) in [6.45, 7) is 7.70. The van der Waals surface area contributed by atoms with E-state index in [4.69, 9.17) is 5.11 Å². The molecule has 0 aliphatic heterocycles. The Bertz CT molecular complexity index is 391. The van der Waals surface area contributed by atoms with Crippen LogP contribution in [0.4, 0.5) is 0 Å². The summed E-state index contributed by atoms with van der Waals surface area (Å²) >= 11 is 0. The number of aliphatic hydroxyl groups excluding tert-OH is 1. The molecular weight excluding hydrogens is 250 g/mol. The molecule has 0 saturated carbocycles. The third-order valence-corrected chi connectivity index (χ3v) is 3.92. The molecule has 20 heavy (non-hydrogen) atoms. The van der Waals surface area contributed by atoms with E-state index in [2.05, 4.69) is 13.8 Å². The molecule has 0 heterocycles. The summed E-state index contributed by atoms with van der Waals surface area (Å²) in [6, 6.07) is 10.0. The van der Waals surface area contributed by atoms with Crippen molar-refractivity contribution in [2.45, 2.75) is 39.5 Å². The molecular formula is C17H27NO2. The van der Waals surface area contributed by atoms with E-state index in [1.54, 1.807) is 0 Å². The summed E-state index contributed by atoms with van der Waals surface area (Å²) in [7, 11) is 0. The lowest BCUT2D eigenvalue weighted by Crippen LogP contribution is -2.38. The van der Waals surface area contributed by atoms with Gasteiger partial charge in [0.15, 0.2) is 0 Å². The first-order valence-corrected chi connectivity index (χ1v) is 7.60. The molecule has 0 radical (unpaired) electrons. The average molecular weight is 277 g/mol. The molecule has 3 heteroatoms. The molecule has 2 unspecified atom stereocenters. The number of amides is 1. The number of likely N-dealkylation sites (N-methyl/N-ethyl adjacent to an activating group) is 1. The van der Waals surface area contributed by atoms with Crippen LogP contribution in [-0.2, 0) is 4.79 Å². The Hall–Kier alpha value is -1.35. The number of hydrogen-bond acceptors (Lipinski definition) is 2. The van der Waals surface area contributed by atoms with Crippen molar-refractivity contribution in [1.82, 2.24) is 4.90 Å². The van der Waals surface area contributed by atoms with Crippen LogP contribution < -0.4 is 0 Å². The third kappa shape index (κ3) is 4.34. The molecule has 0 aliphatic carbocycles. The highest BCUT2D eigenvalue weighted by Crippen LogP contribution is 2.29. The molecule has 0 fully saturated rings. The molecule has 1 N–H and O–H groups in total. The second kappa shape index (κ2) is 8.75. The summed E-state index contributed by atoms with van der Waals surface area (Å²) < 4.78 is 0. The first-order valence-electron chi connectivity index (χ1n) is 7.60. The molecule has 1 aromatic carbocycles. The highest BCUT2D eigenvalue weighted by atomic mass is 16.3. The summed E-state index contributed by atoms with van der Waals surface area (Å²) in [5.74, 6) is 0.411. The van der Waals surface area contributed by atoms with E-state index in [1.807, 2.05) is 42.2 Å². The van der Waals surface area contributed by atoms with Gasteiger partial charge in [0.25, 0.3) is 0 Å². The van der Waals surface area contributed by atoms with E-state index in [-0.39, 0.29) is 18.4 Å². The topological polar surface area (TPSA) is 40.5 Å². The highest BCUT2D eigenvalue weighted by Gasteiger charge is 2.28. The Morgan fingerprint density at radius 1 is 1.25 bits per heavy atom. The van der Waals surface area contributed by atoms with Gasteiger partial charge in [-0.3, -0.25) is 4.79 Å². The minimum absolute atomic E-state index is 0.0835. The van der Waals surface area contributed by atoms with Crippen molar-refractivity contribution in [3.05, 3.63) is 35.9 Å².